The van der Waals surface area contributed by atoms with Crippen LogP contribution >= 0.6 is 0 Å². The number of nitrogens with one attached hydrogen (secondary N) is 1. The molecule has 0 amide bonds. The van der Waals surface area contributed by atoms with Crippen LogP contribution in [0.25, 0.3) is 0 Å². The molecule has 0 bridgehead atoms. The van der Waals surface area contributed by atoms with Crippen LogP contribution in [0.4, 0.5) is 0 Å². The lowest BCUT2D eigenvalue weighted by molar-refractivity contribution is -0.107. The molecule has 0 aliphatic carbocycles. The molecular weight excluding hydrogens is 90.1 g/mol. The van der Waals surface area contributed by atoms with Crippen molar-refractivity contribution in [3.05, 3.63) is 0 Å². The highest BCUT2D eigenvalue weighted by Gasteiger charge is 1.76. The van der Waals surface area contributed by atoms with Crippen LogP contribution in [0.15, 0.2) is 0 Å². The van der Waals surface area contributed by atoms with Gasteiger partial charge in [-0.1, -0.05) is 6.92 Å². The highest BCUT2D eigenvalue weighted by Crippen LogP contribution is 1.65. The second-order valence-corrected chi connectivity index (χ2v) is 1.37. The van der Waals surface area contributed by atoms with E-state index in [4.69, 9.17) is 0 Å². The van der Waals surface area contributed by atoms with Crippen LogP contribution in [-0.4, -0.2) is 19.4 Å². The van der Waals surface area contributed by atoms with Crippen molar-refractivity contribution >= 4 is 6.29 Å². The average Bonchev–Trinajstić information content (AvgIpc) is 1.69. The Hall–Kier alpha value is -0.370. The zero-order chi connectivity index (χ0) is 5.54. The van der Waals surface area contributed by atoms with E-state index in [-0.39, 0.29) is 0 Å². The van der Waals surface area contributed by atoms with Crippen LogP contribution in [0.5, 0.6) is 0 Å². The predicted octanol–water partition coefficient (Wildman–Crippen LogP) is 0.185. The standard InChI is InChI=1S/C5H11NO/c1-2-3-6-4-5-7/h5-6H,2-4H2,1H3. The van der Waals surface area contributed by atoms with Crippen molar-refractivity contribution in [1.29, 1.82) is 0 Å². The molecule has 0 aromatic heterocycles. The van der Waals surface area contributed by atoms with E-state index in [1.165, 1.54) is 0 Å². The molecule has 0 spiro atoms. The molecule has 0 aliphatic heterocycles. The van der Waals surface area contributed by atoms with Gasteiger partial charge in [-0.05, 0) is 13.0 Å². The molecule has 42 valence electrons. The second kappa shape index (κ2) is 5.63. The molecule has 7 heavy (non-hydrogen) atoms. The lowest BCUT2D eigenvalue weighted by Crippen LogP contribution is -2.16. The minimum atomic E-state index is 0.494. The molecule has 0 aromatic rings. The third-order valence-corrected chi connectivity index (χ3v) is 0.654. The molecule has 0 radical (unpaired) electrons. The predicted molar refractivity (Wildman–Crippen MR) is 29.2 cm³/mol. The Balaban J connectivity index is 2.56. The van der Waals surface area contributed by atoms with Crippen molar-refractivity contribution in [2.24, 2.45) is 0 Å². The Kier molecular flexibility index (Phi) is 5.33. The fourth-order valence-corrected chi connectivity index (χ4v) is 0.338. The van der Waals surface area contributed by atoms with Gasteiger partial charge in [0.1, 0.15) is 6.29 Å². The SMILES string of the molecule is CCCNCC=O. The molecule has 0 atom stereocenters. The molecule has 0 saturated heterocycles. The topological polar surface area (TPSA) is 29.1 Å². The lowest BCUT2D eigenvalue weighted by Gasteiger charge is -1.91. The Bertz CT molecular complexity index is 45.3. The first-order valence-electron chi connectivity index (χ1n) is 2.56. The maximum absolute atomic E-state index is 9.62. The van der Waals surface area contributed by atoms with Crippen molar-refractivity contribution in [2.45, 2.75) is 13.3 Å². The summed E-state index contributed by atoms with van der Waals surface area (Å²) < 4.78 is 0. The van der Waals surface area contributed by atoms with Gasteiger partial charge in [0.25, 0.3) is 0 Å². The number of carbonyl (C=O) groups is 1. The summed E-state index contributed by atoms with van der Waals surface area (Å²) in [5.41, 5.74) is 0. The number of hydrogen-bond donors (Lipinski definition) is 1. The third kappa shape index (κ3) is 5.63. The first-order valence-corrected chi connectivity index (χ1v) is 2.56. The smallest absolute Gasteiger partial charge is 0.133 e. The largest absolute Gasteiger partial charge is 0.310 e. The summed E-state index contributed by atoms with van der Waals surface area (Å²) >= 11 is 0. The highest BCUT2D eigenvalue weighted by atomic mass is 16.1. The van der Waals surface area contributed by atoms with Gasteiger partial charge in [-0.3, -0.25) is 0 Å². The van der Waals surface area contributed by atoms with E-state index in [0.717, 1.165) is 19.3 Å². The zero-order valence-corrected chi connectivity index (χ0v) is 4.61. The summed E-state index contributed by atoms with van der Waals surface area (Å²) in [5.74, 6) is 0. The fourth-order valence-electron chi connectivity index (χ4n) is 0.338. The van der Waals surface area contributed by atoms with Crippen LogP contribution in [-0.2, 0) is 4.79 Å². The van der Waals surface area contributed by atoms with E-state index in [1.54, 1.807) is 0 Å². The molecule has 2 nitrogen and oxygen atoms in total. The molecule has 2 heteroatoms. The van der Waals surface area contributed by atoms with Crippen LogP contribution < -0.4 is 5.32 Å². The highest BCUT2D eigenvalue weighted by molar-refractivity contribution is 5.51. The number of aldehydes is 1. The Morgan fingerprint density at radius 2 is 2.43 bits per heavy atom. The van der Waals surface area contributed by atoms with Crippen LogP contribution in [0.3, 0.4) is 0 Å². The number of carbonyl (C=O) groups excluding carboxylic acids is 1. The first-order chi connectivity index (χ1) is 3.41. The molecule has 1 N–H and O–H groups in total. The summed E-state index contributed by atoms with van der Waals surface area (Å²) in [6.45, 7) is 3.50. The molecule has 0 unspecified atom stereocenters. The fraction of sp³-hybridized carbons (Fsp3) is 0.800. The lowest BCUT2D eigenvalue weighted by atomic mass is 10.5. The van der Waals surface area contributed by atoms with Gasteiger partial charge in [-0.2, -0.15) is 0 Å². The average molecular weight is 101 g/mol. The normalized spacial score (nSPS) is 8.71. The van der Waals surface area contributed by atoms with Crippen molar-refractivity contribution in [3.63, 3.8) is 0 Å². The van der Waals surface area contributed by atoms with E-state index >= 15 is 0 Å². The van der Waals surface area contributed by atoms with Crippen molar-refractivity contribution in [1.82, 2.24) is 5.32 Å². The molecular formula is C5H11NO. The van der Waals surface area contributed by atoms with Gasteiger partial charge in [-0.15, -0.1) is 0 Å². The van der Waals surface area contributed by atoms with E-state index in [0.29, 0.717) is 6.54 Å². The van der Waals surface area contributed by atoms with Crippen LogP contribution in [0.1, 0.15) is 13.3 Å². The zero-order valence-electron chi connectivity index (χ0n) is 4.61. The second-order valence-electron chi connectivity index (χ2n) is 1.37. The summed E-state index contributed by atoms with van der Waals surface area (Å²) in [6, 6.07) is 0. The maximum Gasteiger partial charge on any atom is 0.133 e. The van der Waals surface area contributed by atoms with Crippen LogP contribution in [0.2, 0.25) is 0 Å². The van der Waals surface area contributed by atoms with Gasteiger partial charge in [0.2, 0.25) is 0 Å². The van der Waals surface area contributed by atoms with Gasteiger partial charge in [-0.25, -0.2) is 0 Å². The summed E-state index contributed by atoms with van der Waals surface area (Å²) in [7, 11) is 0. The number of hydrogen-bond acceptors (Lipinski definition) is 2. The molecule has 0 fully saturated rings. The summed E-state index contributed by atoms with van der Waals surface area (Å²) in [4.78, 5) is 9.62. The van der Waals surface area contributed by atoms with E-state index in [2.05, 4.69) is 12.2 Å². The molecule has 0 heterocycles. The van der Waals surface area contributed by atoms with Gasteiger partial charge in [0, 0.05) is 0 Å². The Labute approximate surface area is 43.9 Å². The van der Waals surface area contributed by atoms with E-state index in [1.807, 2.05) is 0 Å². The van der Waals surface area contributed by atoms with Gasteiger partial charge < -0.3 is 10.1 Å². The summed E-state index contributed by atoms with van der Waals surface area (Å²) in [6.07, 6.45) is 1.96. The number of rotatable bonds is 4. The monoisotopic (exact) mass is 101 g/mol. The molecule has 0 aromatic carbocycles. The van der Waals surface area contributed by atoms with E-state index < -0.39 is 0 Å². The maximum atomic E-state index is 9.62. The van der Waals surface area contributed by atoms with Crippen LogP contribution in [0, 0.1) is 0 Å². The Morgan fingerprint density at radius 1 is 1.71 bits per heavy atom. The minimum Gasteiger partial charge on any atom is -0.310 e. The first kappa shape index (κ1) is 6.63. The third-order valence-electron chi connectivity index (χ3n) is 0.654. The van der Waals surface area contributed by atoms with Gasteiger partial charge >= 0.3 is 0 Å². The Morgan fingerprint density at radius 3 is 2.86 bits per heavy atom. The quantitative estimate of drug-likeness (QED) is 0.404. The van der Waals surface area contributed by atoms with Gasteiger partial charge in [0.15, 0.2) is 0 Å². The van der Waals surface area contributed by atoms with Crippen molar-refractivity contribution in [2.75, 3.05) is 13.1 Å². The van der Waals surface area contributed by atoms with Gasteiger partial charge in [0.05, 0.1) is 6.54 Å². The van der Waals surface area contributed by atoms with Crippen molar-refractivity contribution < 1.29 is 4.79 Å². The van der Waals surface area contributed by atoms with E-state index in [9.17, 15) is 4.79 Å². The summed E-state index contributed by atoms with van der Waals surface area (Å²) in [5, 5.41) is 2.92. The molecule has 0 saturated carbocycles. The molecule has 0 rings (SSSR count). The molecule has 0 aliphatic rings. The minimum absolute atomic E-state index is 0.494. The van der Waals surface area contributed by atoms with Crippen molar-refractivity contribution in [3.8, 4) is 0 Å².